The van der Waals surface area contributed by atoms with Gasteiger partial charge in [-0.05, 0) is 44.2 Å². The summed E-state index contributed by atoms with van der Waals surface area (Å²) in [5.74, 6) is 1.55. The topological polar surface area (TPSA) is 58.1 Å². The van der Waals surface area contributed by atoms with Crippen molar-refractivity contribution >= 4 is 35.6 Å². The van der Waals surface area contributed by atoms with Gasteiger partial charge in [0.1, 0.15) is 5.75 Å². The molecule has 0 bridgehead atoms. The molecule has 0 unspecified atom stereocenters. The standard InChI is InChI=1S/C24H36N4O2.HI/c1-19(2)28(4)18-21-11-7-6-10-20(21)17-26-24(25-3)27-22-12-8-13-23(16-22)30-15-9-14-29-5;/h6-8,10-13,16,19H,9,14-15,17-18H2,1-5H3,(H2,25,26,27);1H. The Morgan fingerprint density at radius 2 is 1.81 bits per heavy atom. The van der Waals surface area contributed by atoms with Gasteiger partial charge in [0, 0.05) is 58.1 Å². The van der Waals surface area contributed by atoms with E-state index in [9.17, 15) is 0 Å². The van der Waals surface area contributed by atoms with E-state index < -0.39 is 0 Å². The van der Waals surface area contributed by atoms with Crippen LogP contribution in [-0.2, 0) is 17.8 Å². The largest absolute Gasteiger partial charge is 0.493 e. The Bertz CT molecular complexity index is 799. The van der Waals surface area contributed by atoms with Crippen LogP contribution < -0.4 is 15.4 Å². The molecule has 2 rings (SSSR count). The van der Waals surface area contributed by atoms with Crippen molar-refractivity contribution in [1.82, 2.24) is 10.2 Å². The number of nitrogens with one attached hydrogen (secondary N) is 2. The maximum Gasteiger partial charge on any atom is 0.195 e. The van der Waals surface area contributed by atoms with Crippen molar-refractivity contribution in [2.75, 3.05) is 39.7 Å². The van der Waals surface area contributed by atoms with Gasteiger partial charge in [-0.2, -0.15) is 0 Å². The van der Waals surface area contributed by atoms with Crippen LogP contribution in [0.2, 0.25) is 0 Å². The van der Waals surface area contributed by atoms with Crippen molar-refractivity contribution in [2.24, 2.45) is 4.99 Å². The molecule has 0 spiro atoms. The Kier molecular flexibility index (Phi) is 13.2. The lowest BCUT2D eigenvalue weighted by molar-refractivity contribution is 0.172. The number of rotatable bonds is 11. The molecule has 0 radical (unpaired) electrons. The van der Waals surface area contributed by atoms with Crippen LogP contribution in [0, 0.1) is 0 Å². The monoisotopic (exact) mass is 540 g/mol. The molecule has 0 fully saturated rings. The van der Waals surface area contributed by atoms with Crippen LogP contribution >= 0.6 is 24.0 Å². The third-order valence-electron chi connectivity index (χ3n) is 4.95. The summed E-state index contributed by atoms with van der Waals surface area (Å²) in [5.41, 5.74) is 3.52. The highest BCUT2D eigenvalue weighted by Crippen LogP contribution is 2.18. The van der Waals surface area contributed by atoms with Crippen LogP contribution in [0.15, 0.2) is 53.5 Å². The van der Waals surface area contributed by atoms with E-state index in [0.717, 1.165) is 30.4 Å². The normalized spacial score (nSPS) is 11.4. The molecule has 2 N–H and O–H groups in total. The Morgan fingerprint density at radius 1 is 1.06 bits per heavy atom. The maximum absolute atomic E-state index is 5.78. The fourth-order valence-electron chi connectivity index (χ4n) is 2.89. The SMILES string of the molecule is CN=C(NCc1ccccc1CN(C)C(C)C)Nc1cccc(OCCCOC)c1.I. The summed E-state index contributed by atoms with van der Waals surface area (Å²) >= 11 is 0. The lowest BCUT2D eigenvalue weighted by atomic mass is 10.1. The first-order chi connectivity index (χ1) is 14.5. The summed E-state index contributed by atoms with van der Waals surface area (Å²) in [4.78, 5) is 6.70. The zero-order chi connectivity index (χ0) is 21.8. The summed E-state index contributed by atoms with van der Waals surface area (Å²) in [5, 5.41) is 6.76. The maximum atomic E-state index is 5.78. The second kappa shape index (κ2) is 15.0. The number of hydrogen-bond donors (Lipinski definition) is 2. The molecule has 0 saturated carbocycles. The van der Waals surface area contributed by atoms with Gasteiger partial charge in [-0.1, -0.05) is 30.3 Å². The second-order valence-corrected chi connectivity index (χ2v) is 7.55. The fourth-order valence-corrected chi connectivity index (χ4v) is 2.89. The van der Waals surface area contributed by atoms with Crippen molar-refractivity contribution in [2.45, 2.75) is 39.4 Å². The first-order valence-electron chi connectivity index (χ1n) is 10.5. The van der Waals surface area contributed by atoms with Crippen LogP contribution in [-0.4, -0.2) is 51.3 Å². The third-order valence-corrected chi connectivity index (χ3v) is 4.95. The molecule has 172 valence electrons. The number of hydrogen-bond acceptors (Lipinski definition) is 4. The van der Waals surface area contributed by atoms with Gasteiger partial charge in [0.2, 0.25) is 0 Å². The molecule has 0 amide bonds. The number of aliphatic imine (C=N–C) groups is 1. The highest BCUT2D eigenvalue weighted by Gasteiger charge is 2.09. The van der Waals surface area contributed by atoms with E-state index >= 15 is 0 Å². The average Bonchev–Trinajstić information content (AvgIpc) is 2.75. The van der Waals surface area contributed by atoms with Crippen molar-refractivity contribution in [3.8, 4) is 5.75 Å². The quantitative estimate of drug-likeness (QED) is 0.187. The number of guanidine groups is 1. The third kappa shape index (κ3) is 9.88. The minimum Gasteiger partial charge on any atom is -0.493 e. The lowest BCUT2D eigenvalue weighted by Crippen LogP contribution is -2.31. The Labute approximate surface area is 204 Å². The smallest absolute Gasteiger partial charge is 0.195 e. The fraction of sp³-hybridized carbons (Fsp3) is 0.458. The van der Waals surface area contributed by atoms with Crippen LogP contribution in [0.4, 0.5) is 5.69 Å². The minimum absolute atomic E-state index is 0. The molecule has 7 heteroatoms. The lowest BCUT2D eigenvalue weighted by Gasteiger charge is -2.23. The second-order valence-electron chi connectivity index (χ2n) is 7.55. The molecule has 0 heterocycles. The van der Waals surface area contributed by atoms with E-state index in [1.54, 1.807) is 14.2 Å². The molecular weight excluding hydrogens is 503 g/mol. The van der Waals surface area contributed by atoms with Crippen molar-refractivity contribution in [3.63, 3.8) is 0 Å². The number of ether oxygens (including phenoxy) is 2. The molecule has 0 aliphatic heterocycles. The molecule has 6 nitrogen and oxygen atoms in total. The molecular formula is C24H37IN4O2. The van der Waals surface area contributed by atoms with Crippen LogP contribution in [0.3, 0.4) is 0 Å². The summed E-state index contributed by atoms with van der Waals surface area (Å²) < 4.78 is 10.8. The van der Waals surface area contributed by atoms with Gasteiger partial charge in [-0.15, -0.1) is 24.0 Å². The molecule has 31 heavy (non-hydrogen) atoms. The number of anilines is 1. The summed E-state index contributed by atoms with van der Waals surface area (Å²) in [7, 11) is 5.63. The highest BCUT2D eigenvalue weighted by molar-refractivity contribution is 14.0. The van der Waals surface area contributed by atoms with Crippen molar-refractivity contribution < 1.29 is 9.47 Å². The van der Waals surface area contributed by atoms with Crippen LogP contribution in [0.25, 0.3) is 0 Å². The Hall–Kier alpha value is -1.84. The zero-order valence-electron chi connectivity index (χ0n) is 19.4. The van der Waals surface area contributed by atoms with Gasteiger partial charge >= 0.3 is 0 Å². The predicted octanol–water partition coefficient (Wildman–Crippen LogP) is 4.75. The number of halogens is 1. The van der Waals surface area contributed by atoms with Crippen molar-refractivity contribution in [1.29, 1.82) is 0 Å². The molecule has 0 aromatic heterocycles. The molecule has 0 atom stereocenters. The summed E-state index contributed by atoms with van der Waals surface area (Å²) in [6.07, 6.45) is 0.864. The Balaban J connectivity index is 0.00000480. The zero-order valence-corrected chi connectivity index (χ0v) is 21.7. The van der Waals surface area contributed by atoms with Crippen LogP contribution in [0.5, 0.6) is 5.75 Å². The molecule has 0 aliphatic rings. The van der Waals surface area contributed by atoms with Crippen LogP contribution in [0.1, 0.15) is 31.4 Å². The number of nitrogens with zero attached hydrogens (tertiary/aromatic N) is 2. The molecule has 2 aromatic carbocycles. The van der Waals surface area contributed by atoms with E-state index in [1.165, 1.54) is 11.1 Å². The first-order valence-corrected chi connectivity index (χ1v) is 10.5. The predicted molar refractivity (Wildman–Crippen MR) is 141 cm³/mol. The van der Waals surface area contributed by atoms with Gasteiger partial charge in [-0.3, -0.25) is 9.89 Å². The molecule has 0 aliphatic carbocycles. The van der Waals surface area contributed by atoms with Gasteiger partial charge in [0.25, 0.3) is 0 Å². The van der Waals surface area contributed by atoms with Gasteiger partial charge in [0.05, 0.1) is 6.61 Å². The average molecular weight is 540 g/mol. The summed E-state index contributed by atoms with van der Waals surface area (Å²) in [6.45, 7) is 7.37. The van der Waals surface area contributed by atoms with Crippen molar-refractivity contribution in [3.05, 3.63) is 59.7 Å². The molecule has 2 aromatic rings. The number of methoxy groups -OCH3 is 1. The van der Waals surface area contributed by atoms with E-state index in [-0.39, 0.29) is 24.0 Å². The summed E-state index contributed by atoms with van der Waals surface area (Å²) in [6, 6.07) is 16.9. The number of benzene rings is 2. The first kappa shape index (κ1) is 27.2. The van der Waals surface area contributed by atoms with Gasteiger partial charge < -0.3 is 20.1 Å². The minimum atomic E-state index is 0. The van der Waals surface area contributed by atoms with E-state index in [0.29, 0.717) is 25.8 Å². The van der Waals surface area contributed by atoms with E-state index in [2.05, 4.69) is 65.7 Å². The van der Waals surface area contributed by atoms with Gasteiger partial charge in [-0.25, -0.2) is 0 Å². The van der Waals surface area contributed by atoms with E-state index in [1.807, 2.05) is 24.3 Å². The highest BCUT2D eigenvalue weighted by atomic mass is 127. The molecule has 0 saturated heterocycles. The van der Waals surface area contributed by atoms with Gasteiger partial charge in [0.15, 0.2) is 5.96 Å². The van der Waals surface area contributed by atoms with E-state index in [4.69, 9.17) is 9.47 Å². The Morgan fingerprint density at radius 3 is 2.48 bits per heavy atom.